The summed E-state index contributed by atoms with van der Waals surface area (Å²) < 4.78 is 5.89. The van der Waals surface area contributed by atoms with Crippen molar-refractivity contribution < 1.29 is 14.6 Å². The topological polar surface area (TPSA) is 62.7 Å². The minimum absolute atomic E-state index is 0.204. The molecule has 2 aromatic rings. The summed E-state index contributed by atoms with van der Waals surface area (Å²) in [5.41, 5.74) is 0.966. The Hall–Kier alpha value is -1.98. The van der Waals surface area contributed by atoms with Crippen LogP contribution in [0.3, 0.4) is 0 Å². The Morgan fingerprint density at radius 2 is 2.00 bits per heavy atom. The smallest absolute Gasteiger partial charge is 0.407 e. The molecule has 3 rings (SSSR count). The van der Waals surface area contributed by atoms with Crippen molar-refractivity contribution >= 4 is 29.3 Å². The van der Waals surface area contributed by atoms with E-state index < -0.39 is 6.09 Å². The van der Waals surface area contributed by atoms with Crippen molar-refractivity contribution in [2.75, 3.05) is 13.1 Å². The average molecular weight is 367 g/mol. The molecule has 0 unspecified atom stereocenters. The lowest BCUT2D eigenvalue weighted by Crippen LogP contribution is -2.36. The molecule has 5 nitrogen and oxygen atoms in total. The number of aromatic nitrogens is 1. The van der Waals surface area contributed by atoms with Crippen molar-refractivity contribution in [2.24, 2.45) is 0 Å². The standard InChI is InChI=1S/C17H16Cl2N2O3/c18-12-3-4-15(14(19)10-12)24-16-13(2-1-7-20-16)11-5-8-21(9-6-11)17(22)23/h1-4,7,10-11H,5-6,8-9H2,(H,22,23). The summed E-state index contributed by atoms with van der Waals surface area (Å²) in [6.45, 7) is 1.02. The summed E-state index contributed by atoms with van der Waals surface area (Å²) in [7, 11) is 0. The van der Waals surface area contributed by atoms with Crippen molar-refractivity contribution in [1.29, 1.82) is 0 Å². The first-order valence-corrected chi connectivity index (χ1v) is 8.36. The predicted octanol–water partition coefficient (Wildman–Crippen LogP) is 5.04. The summed E-state index contributed by atoms with van der Waals surface area (Å²) >= 11 is 12.1. The van der Waals surface area contributed by atoms with Gasteiger partial charge in [0.1, 0.15) is 5.75 Å². The highest BCUT2D eigenvalue weighted by atomic mass is 35.5. The number of hydrogen-bond acceptors (Lipinski definition) is 3. The first kappa shape index (κ1) is 16.9. The molecule has 1 fully saturated rings. The van der Waals surface area contributed by atoms with Crippen LogP contribution in [-0.4, -0.2) is 34.2 Å². The molecule has 2 heterocycles. The van der Waals surface area contributed by atoms with Crippen LogP contribution in [0.2, 0.25) is 10.0 Å². The maximum absolute atomic E-state index is 11.0. The van der Waals surface area contributed by atoms with E-state index in [0.29, 0.717) is 34.8 Å². The molecule has 0 saturated carbocycles. The molecule has 1 aliphatic heterocycles. The molecule has 0 bridgehead atoms. The molecule has 126 valence electrons. The van der Waals surface area contributed by atoms with Gasteiger partial charge in [-0.3, -0.25) is 0 Å². The monoisotopic (exact) mass is 366 g/mol. The Morgan fingerprint density at radius 3 is 2.67 bits per heavy atom. The average Bonchev–Trinajstić information content (AvgIpc) is 2.58. The number of carbonyl (C=O) groups is 1. The van der Waals surface area contributed by atoms with Gasteiger partial charge in [-0.2, -0.15) is 0 Å². The van der Waals surface area contributed by atoms with Gasteiger partial charge in [-0.25, -0.2) is 9.78 Å². The zero-order chi connectivity index (χ0) is 17.1. The SMILES string of the molecule is O=C(O)N1CCC(c2cccnc2Oc2ccc(Cl)cc2Cl)CC1. The molecule has 1 saturated heterocycles. The zero-order valence-electron chi connectivity index (χ0n) is 12.8. The maximum Gasteiger partial charge on any atom is 0.407 e. The van der Waals surface area contributed by atoms with E-state index in [1.54, 1.807) is 24.4 Å². The van der Waals surface area contributed by atoms with Gasteiger partial charge in [0.2, 0.25) is 5.88 Å². The van der Waals surface area contributed by atoms with Gasteiger partial charge >= 0.3 is 6.09 Å². The molecule has 0 atom stereocenters. The quantitative estimate of drug-likeness (QED) is 0.826. The number of ether oxygens (including phenoxy) is 1. The Bertz CT molecular complexity index is 746. The van der Waals surface area contributed by atoms with E-state index in [1.807, 2.05) is 12.1 Å². The molecule has 1 aromatic carbocycles. The second-order valence-corrected chi connectivity index (χ2v) is 6.46. The van der Waals surface area contributed by atoms with Crippen LogP contribution in [0.15, 0.2) is 36.5 Å². The fourth-order valence-electron chi connectivity index (χ4n) is 2.84. The molecule has 0 spiro atoms. The number of nitrogens with zero attached hydrogens (tertiary/aromatic N) is 2. The third kappa shape index (κ3) is 3.74. The third-order valence-corrected chi connectivity index (χ3v) is 4.64. The van der Waals surface area contributed by atoms with Crippen LogP contribution in [0.5, 0.6) is 11.6 Å². The molecule has 7 heteroatoms. The number of piperidine rings is 1. The highest BCUT2D eigenvalue weighted by Crippen LogP contribution is 2.37. The number of carboxylic acid groups (broad SMARTS) is 1. The fraction of sp³-hybridized carbons (Fsp3) is 0.294. The molecule has 0 radical (unpaired) electrons. The lowest BCUT2D eigenvalue weighted by Gasteiger charge is -2.30. The van der Waals surface area contributed by atoms with E-state index >= 15 is 0 Å². The van der Waals surface area contributed by atoms with Crippen molar-refractivity contribution in [2.45, 2.75) is 18.8 Å². The van der Waals surface area contributed by atoms with E-state index in [4.69, 9.17) is 33.0 Å². The number of amides is 1. The van der Waals surface area contributed by atoms with Crippen molar-refractivity contribution in [1.82, 2.24) is 9.88 Å². The van der Waals surface area contributed by atoms with Crippen LogP contribution in [0.4, 0.5) is 4.79 Å². The van der Waals surface area contributed by atoms with E-state index in [1.165, 1.54) is 4.90 Å². The summed E-state index contributed by atoms with van der Waals surface area (Å²) in [4.78, 5) is 16.8. The molecule has 1 N–H and O–H groups in total. The first-order valence-electron chi connectivity index (χ1n) is 7.60. The number of benzene rings is 1. The van der Waals surface area contributed by atoms with Crippen LogP contribution >= 0.6 is 23.2 Å². The van der Waals surface area contributed by atoms with Gasteiger partial charge in [0, 0.05) is 29.9 Å². The number of likely N-dealkylation sites (tertiary alicyclic amines) is 1. The molecular weight excluding hydrogens is 351 g/mol. The molecule has 1 aromatic heterocycles. The fourth-order valence-corrected chi connectivity index (χ4v) is 3.29. The molecule has 1 aliphatic rings. The van der Waals surface area contributed by atoms with Gasteiger partial charge in [-0.05, 0) is 43.0 Å². The molecule has 1 amide bonds. The second-order valence-electron chi connectivity index (χ2n) is 5.62. The summed E-state index contributed by atoms with van der Waals surface area (Å²) in [5.74, 6) is 1.19. The van der Waals surface area contributed by atoms with Gasteiger partial charge in [-0.1, -0.05) is 29.3 Å². The minimum Gasteiger partial charge on any atom is -0.465 e. The van der Waals surface area contributed by atoms with Crippen LogP contribution < -0.4 is 4.74 Å². The van der Waals surface area contributed by atoms with E-state index in [9.17, 15) is 4.79 Å². The highest BCUT2D eigenvalue weighted by molar-refractivity contribution is 6.35. The Kier molecular flexibility index (Phi) is 5.11. The van der Waals surface area contributed by atoms with Gasteiger partial charge in [0.25, 0.3) is 0 Å². The summed E-state index contributed by atoms with van der Waals surface area (Å²) in [5, 5.41) is 10.0. The number of rotatable bonds is 3. The van der Waals surface area contributed by atoms with Crippen LogP contribution in [0.25, 0.3) is 0 Å². The van der Waals surface area contributed by atoms with Gasteiger partial charge in [-0.15, -0.1) is 0 Å². The van der Waals surface area contributed by atoms with Crippen molar-refractivity contribution in [3.63, 3.8) is 0 Å². The minimum atomic E-state index is -0.871. The van der Waals surface area contributed by atoms with Gasteiger partial charge < -0.3 is 14.7 Å². The summed E-state index contributed by atoms with van der Waals surface area (Å²) in [6, 6.07) is 8.85. The predicted molar refractivity (Wildman–Crippen MR) is 92.3 cm³/mol. The van der Waals surface area contributed by atoms with E-state index in [-0.39, 0.29) is 5.92 Å². The zero-order valence-corrected chi connectivity index (χ0v) is 14.3. The van der Waals surface area contributed by atoms with E-state index in [2.05, 4.69) is 4.98 Å². The molecule has 24 heavy (non-hydrogen) atoms. The summed E-state index contributed by atoms with van der Waals surface area (Å²) in [6.07, 6.45) is 2.27. The highest BCUT2D eigenvalue weighted by Gasteiger charge is 2.26. The number of hydrogen-bond donors (Lipinski definition) is 1. The van der Waals surface area contributed by atoms with Crippen LogP contribution in [-0.2, 0) is 0 Å². The normalized spacial score (nSPS) is 15.3. The lowest BCUT2D eigenvalue weighted by atomic mass is 9.90. The van der Waals surface area contributed by atoms with Crippen LogP contribution in [0, 0.1) is 0 Å². The van der Waals surface area contributed by atoms with Crippen LogP contribution in [0.1, 0.15) is 24.3 Å². The Morgan fingerprint density at radius 1 is 1.25 bits per heavy atom. The maximum atomic E-state index is 11.0. The van der Waals surface area contributed by atoms with Crippen molar-refractivity contribution in [3.05, 3.63) is 52.1 Å². The Labute approximate surface area is 149 Å². The van der Waals surface area contributed by atoms with Crippen molar-refractivity contribution in [3.8, 4) is 11.6 Å². The largest absolute Gasteiger partial charge is 0.465 e. The second kappa shape index (κ2) is 7.28. The molecule has 0 aliphatic carbocycles. The number of pyridine rings is 1. The molecular formula is C17H16Cl2N2O3. The van der Waals surface area contributed by atoms with Gasteiger partial charge in [0.05, 0.1) is 5.02 Å². The lowest BCUT2D eigenvalue weighted by molar-refractivity contribution is 0.132. The third-order valence-electron chi connectivity index (χ3n) is 4.11. The Balaban J connectivity index is 1.80. The van der Waals surface area contributed by atoms with E-state index in [0.717, 1.165) is 18.4 Å². The van der Waals surface area contributed by atoms with Gasteiger partial charge in [0.15, 0.2) is 0 Å². The first-order chi connectivity index (χ1) is 11.5. The number of halogens is 2.